The van der Waals surface area contributed by atoms with Crippen molar-refractivity contribution in [2.75, 3.05) is 20.8 Å². The number of hydrogen-bond donors (Lipinski definition) is 1. The quantitative estimate of drug-likeness (QED) is 0.672. The van der Waals surface area contributed by atoms with Crippen LogP contribution in [0.5, 0.6) is 17.2 Å². The highest BCUT2D eigenvalue weighted by molar-refractivity contribution is 5.42. The Hall–Kier alpha value is -2.20. The molecule has 26 heavy (non-hydrogen) atoms. The summed E-state index contributed by atoms with van der Waals surface area (Å²) >= 11 is 0. The molecule has 0 spiro atoms. The molecule has 4 heteroatoms. The molecule has 0 aliphatic carbocycles. The Labute approximate surface area is 170 Å². The topological polar surface area (TPSA) is 47.9 Å². The van der Waals surface area contributed by atoms with Gasteiger partial charge in [-0.05, 0) is 73.9 Å². The van der Waals surface area contributed by atoms with Crippen LogP contribution in [0.1, 0.15) is 49.6 Å². The largest absolute Gasteiger partial charge is 0.493 e. The number of benzene rings is 2. The summed E-state index contributed by atoms with van der Waals surface area (Å²) in [5, 5.41) is 10.3. The average molecular weight is 369 g/mol. The number of methoxy groups -OCH3 is 2. The molecular formula is C22H30O4. The monoisotopic (exact) mass is 368 g/mol. The second kappa shape index (κ2) is 10.1. The van der Waals surface area contributed by atoms with Crippen molar-refractivity contribution in [2.45, 2.75) is 45.5 Å². The minimum absolute atomic E-state index is 0.0628. The molecule has 0 aliphatic rings. The molecule has 0 bridgehead atoms. The zero-order valence-corrected chi connectivity index (χ0v) is 15.1. The molecule has 0 aliphatic heterocycles. The Balaban J connectivity index is 2.12. The van der Waals surface area contributed by atoms with E-state index in [0.29, 0.717) is 11.1 Å². The minimum Gasteiger partial charge on any atom is -0.493 e. The van der Waals surface area contributed by atoms with Crippen LogP contribution < -0.4 is 14.2 Å². The number of rotatable bonds is 10. The van der Waals surface area contributed by atoms with Crippen molar-refractivity contribution in [3.8, 4) is 17.2 Å². The summed E-state index contributed by atoms with van der Waals surface area (Å²) in [7, 11) is -1.50. The maximum Gasteiger partial charge on any atom is 0.160 e. The third kappa shape index (κ3) is 5.95. The lowest BCUT2D eigenvalue weighted by atomic mass is 10.0. The van der Waals surface area contributed by atoms with Crippen LogP contribution in [0.2, 0.25) is 0 Å². The van der Waals surface area contributed by atoms with Crippen LogP contribution in [-0.4, -0.2) is 32.0 Å². The summed E-state index contributed by atoms with van der Waals surface area (Å²) in [5.74, 6) is -0.363. The van der Waals surface area contributed by atoms with Gasteiger partial charge in [-0.15, -0.1) is 0 Å². The van der Waals surface area contributed by atoms with Crippen LogP contribution in [0.3, 0.4) is 0 Å². The Morgan fingerprint density at radius 2 is 2.04 bits per heavy atom. The van der Waals surface area contributed by atoms with Crippen LogP contribution in [0.15, 0.2) is 36.3 Å². The summed E-state index contributed by atoms with van der Waals surface area (Å²) in [6.45, 7) is 2.89. The van der Waals surface area contributed by atoms with Crippen molar-refractivity contribution in [3.63, 3.8) is 0 Å². The maximum absolute atomic E-state index is 10.3. The molecule has 0 saturated heterocycles. The lowest BCUT2D eigenvalue weighted by Gasteiger charge is -2.13. The van der Waals surface area contributed by atoms with Crippen molar-refractivity contribution in [3.05, 3.63) is 53.0 Å². The summed E-state index contributed by atoms with van der Waals surface area (Å²) < 4.78 is 94.5. The van der Waals surface area contributed by atoms with Gasteiger partial charge in [0.25, 0.3) is 0 Å². The van der Waals surface area contributed by atoms with Crippen molar-refractivity contribution in [2.24, 2.45) is 0 Å². The highest BCUT2D eigenvalue weighted by Crippen LogP contribution is 2.28. The van der Waals surface area contributed by atoms with Crippen LogP contribution in [0, 0.1) is 13.8 Å². The third-order valence-electron chi connectivity index (χ3n) is 3.76. The summed E-state index contributed by atoms with van der Waals surface area (Å²) in [6.07, 6.45) is -6.82. The lowest BCUT2D eigenvalue weighted by Crippen LogP contribution is -2.17. The first-order valence-corrected chi connectivity index (χ1v) is 8.18. The van der Waals surface area contributed by atoms with Gasteiger partial charge in [-0.3, -0.25) is 0 Å². The van der Waals surface area contributed by atoms with Gasteiger partial charge < -0.3 is 19.3 Å². The second-order valence-corrected chi connectivity index (χ2v) is 5.73. The predicted octanol–water partition coefficient (Wildman–Crippen LogP) is 4.47. The fourth-order valence-corrected chi connectivity index (χ4v) is 2.11. The molecule has 4 nitrogen and oxygen atoms in total. The summed E-state index contributed by atoms with van der Waals surface area (Å²) in [6, 6.07) is 3.16. The Bertz CT molecular complexity index is 1060. The molecule has 0 amide bonds. The predicted molar refractivity (Wildman–Crippen MR) is 105 cm³/mol. The zero-order valence-electron chi connectivity index (χ0n) is 25.1. The minimum atomic E-state index is -2.75. The van der Waals surface area contributed by atoms with Crippen LogP contribution in [0.4, 0.5) is 0 Å². The molecule has 1 atom stereocenters. The first-order chi connectivity index (χ1) is 16.4. The Morgan fingerprint density at radius 3 is 2.81 bits per heavy atom. The molecule has 2 aromatic carbocycles. The van der Waals surface area contributed by atoms with E-state index < -0.39 is 32.3 Å². The standard InChI is InChI=1S/C22H30O4/c1-16-9-11-20(13-17(16)2)26-15-19(23)8-6-5-7-18-10-12-21(24-3)22(14-18)25-4/h9-14,19,23H,5-8,15H2,1-4H3/i3D3,5D2,7D2,9D,11D,13D. The molecule has 1 N–H and O–H groups in total. The second-order valence-electron chi connectivity index (χ2n) is 5.73. The molecule has 2 rings (SSSR count). The van der Waals surface area contributed by atoms with Gasteiger partial charge in [-0.25, -0.2) is 0 Å². The Kier molecular flexibility index (Phi) is 3.96. The van der Waals surface area contributed by atoms with Gasteiger partial charge in [0, 0.05) is 5.48 Å². The van der Waals surface area contributed by atoms with E-state index in [2.05, 4.69) is 0 Å². The van der Waals surface area contributed by atoms with Crippen LogP contribution >= 0.6 is 0 Å². The van der Waals surface area contributed by atoms with Gasteiger partial charge in [0.2, 0.25) is 0 Å². The molecule has 142 valence electrons. The number of ether oxygens (including phenoxy) is 3. The van der Waals surface area contributed by atoms with Crippen molar-refractivity contribution in [1.82, 2.24) is 0 Å². The van der Waals surface area contributed by atoms with Gasteiger partial charge >= 0.3 is 0 Å². The first-order valence-electron chi connectivity index (χ1n) is 13.2. The molecule has 0 fully saturated rings. The number of aryl methyl sites for hydroxylation is 1. The fraction of sp³-hybridized carbons (Fsp3) is 0.455. The summed E-state index contributed by atoms with van der Waals surface area (Å²) in [4.78, 5) is 0. The van der Waals surface area contributed by atoms with Gasteiger partial charge in [-0.2, -0.15) is 0 Å². The number of aliphatic hydroxyl groups is 1. The normalized spacial score (nSPS) is 19.1. The highest BCUT2D eigenvalue weighted by Gasteiger charge is 2.07. The molecule has 0 heterocycles. The van der Waals surface area contributed by atoms with Crippen LogP contribution in [-0.2, 0) is 6.37 Å². The van der Waals surface area contributed by atoms with Crippen molar-refractivity contribution >= 4 is 0 Å². The fourth-order valence-electron chi connectivity index (χ4n) is 2.11. The van der Waals surface area contributed by atoms with E-state index in [1.54, 1.807) is 13.8 Å². The zero-order chi connectivity index (χ0) is 27.6. The summed E-state index contributed by atoms with van der Waals surface area (Å²) in [5.41, 5.74) is 0.863. The molecule has 2 aromatic rings. The maximum atomic E-state index is 10.3. The number of hydrogen-bond acceptors (Lipinski definition) is 4. The van der Waals surface area contributed by atoms with Crippen molar-refractivity contribution in [1.29, 1.82) is 0 Å². The van der Waals surface area contributed by atoms with Gasteiger partial charge in [0.15, 0.2) is 11.5 Å². The van der Waals surface area contributed by atoms with Gasteiger partial charge in [0.1, 0.15) is 12.4 Å². The van der Waals surface area contributed by atoms with E-state index in [-0.39, 0.29) is 54.0 Å². The molecule has 1 unspecified atom stereocenters. The molecule has 0 saturated carbocycles. The van der Waals surface area contributed by atoms with E-state index in [1.807, 2.05) is 0 Å². The van der Waals surface area contributed by atoms with Gasteiger partial charge in [0.05, 0.1) is 28.5 Å². The van der Waals surface area contributed by atoms with E-state index >= 15 is 0 Å². The smallest absolute Gasteiger partial charge is 0.160 e. The molecule has 0 aromatic heterocycles. The van der Waals surface area contributed by atoms with E-state index in [0.717, 1.165) is 0 Å². The highest BCUT2D eigenvalue weighted by atomic mass is 16.5. The third-order valence-corrected chi connectivity index (χ3v) is 3.76. The van der Waals surface area contributed by atoms with E-state index in [1.165, 1.54) is 25.3 Å². The van der Waals surface area contributed by atoms with E-state index in [9.17, 15) is 5.11 Å². The average Bonchev–Trinajstić information content (AvgIpc) is 2.79. The van der Waals surface area contributed by atoms with E-state index in [4.69, 9.17) is 27.9 Å². The molecular weight excluding hydrogens is 328 g/mol. The SMILES string of the molecule is [2H]c1c([2H])c(OCC(O)CCC([2H])([2H])C([2H])([2H])c2ccc(OC([2H])([2H])[2H])c(OC)c2)c([2H])c(C)c1C. The van der Waals surface area contributed by atoms with Crippen molar-refractivity contribution < 1.29 is 33.0 Å². The van der Waals surface area contributed by atoms with Crippen LogP contribution in [0.25, 0.3) is 0 Å². The Morgan fingerprint density at radius 1 is 1.19 bits per heavy atom. The molecule has 0 radical (unpaired) electrons. The lowest BCUT2D eigenvalue weighted by molar-refractivity contribution is 0.0976. The van der Waals surface area contributed by atoms with Gasteiger partial charge in [-0.1, -0.05) is 18.5 Å². The first kappa shape index (κ1) is 10.2. The number of aliphatic hydroxyl groups excluding tert-OH is 1.